The quantitative estimate of drug-likeness (QED) is 0.763. The van der Waals surface area contributed by atoms with E-state index in [1.165, 1.54) is 41.3 Å². The van der Waals surface area contributed by atoms with Crippen LogP contribution >= 0.6 is 0 Å². The Morgan fingerprint density at radius 1 is 0.741 bits per heavy atom. The van der Waals surface area contributed by atoms with Gasteiger partial charge in [-0.25, -0.2) is 23.7 Å². The van der Waals surface area contributed by atoms with Crippen LogP contribution in [0.1, 0.15) is 18.0 Å². The van der Waals surface area contributed by atoms with E-state index in [0.29, 0.717) is 12.2 Å². The fraction of sp³-hybridized carbons (Fsp3) is 0.300. The first-order chi connectivity index (χ1) is 13.1. The molecule has 3 atom stereocenters. The van der Waals surface area contributed by atoms with Crippen LogP contribution in [-0.4, -0.2) is 41.0 Å². The number of anilines is 1. The number of halogens is 2. The number of carbonyl (C=O) groups is 2. The maximum absolute atomic E-state index is 13.4. The molecule has 3 heterocycles. The zero-order chi connectivity index (χ0) is 18.7. The first kappa shape index (κ1) is 16.5. The van der Waals surface area contributed by atoms with Crippen LogP contribution in [0.15, 0.2) is 48.5 Å². The highest BCUT2D eigenvalue weighted by atomic mass is 19.1. The van der Waals surface area contributed by atoms with Crippen LogP contribution < -0.4 is 4.90 Å². The van der Waals surface area contributed by atoms with Gasteiger partial charge in [0.05, 0.1) is 17.6 Å². The van der Waals surface area contributed by atoms with E-state index in [2.05, 4.69) is 5.01 Å². The van der Waals surface area contributed by atoms with Gasteiger partial charge in [0, 0.05) is 13.1 Å². The van der Waals surface area contributed by atoms with E-state index >= 15 is 0 Å². The van der Waals surface area contributed by atoms with Crippen molar-refractivity contribution >= 4 is 17.5 Å². The lowest BCUT2D eigenvalue weighted by molar-refractivity contribution is -0.126. The minimum atomic E-state index is -0.569. The van der Waals surface area contributed by atoms with Gasteiger partial charge in [0.2, 0.25) is 5.91 Å². The second kappa shape index (κ2) is 5.94. The molecule has 2 aromatic rings. The molecule has 0 N–H and O–H groups in total. The lowest BCUT2D eigenvalue weighted by Crippen LogP contribution is -2.44. The molecule has 0 bridgehead atoms. The van der Waals surface area contributed by atoms with Gasteiger partial charge in [-0.15, -0.1) is 0 Å². The van der Waals surface area contributed by atoms with Crippen molar-refractivity contribution in [3.8, 4) is 0 Å². The second-order valence-corrected chi connectivity index (χ2v) is 7.14. The number of rotatable bonds is 2. The Hall–Kier alpha value is -2.64. The number of hydrazine groups is 1. The number of hydrogen-bond donors (Lipinski definition) is 0. The Morgan fingerprint density at radius 2 is 1.30 bits per heavy atom. The summed E-state index contributed by atoms with van der Waals surface area (Å²) in [7, 11) is 0. The molecule has 3 saturated heterocycles. The smallest absolute Gasteiger partial charge is 0.253 e. The summed E-state index contributed by atoms with van der Waals surface area (Å²) in [6.45, 7) is 1.46. The van der Waals surface area contributed by atoms with Crippen LogP contribution in [-0.2, 0) is 9.59 Å². The maximum atomic E-state index is 13.4. The van der Waals surface area contributed by atoms with Crippen LogP contribution in [0.2, 0.25) is 0 Å². The summed E-state index contributed by atoms with van der Waals surface area (Å²) in [5.74, 6) is -1.90. The van der Waals surface area contributed by atoms with Crippen molar-refractivity contribution in [3.05, 3.63) is 65.7 Å². The molecule has 3 aliphatic heterocycles. The fourth-order valence-electron chi connectivity index (χ4n) is 4.62. The van der Waals surface area contributed by atoms with E-state index in [1.54, 1.807) is 12.1 Å². The number of hydrogen-bond acceptors (Lipinski definition) is 4. The fourth-order valence-corrected chi connectivity index (χ4v) is 4.62. The van der Waals surface area contributed by atoms with Crippen molar-refractivity contribution in [2.75, 3.05) is 18.0 Å². The summed E-state index contributed by atoms with van der Waals surface area (Å²) in [6, 6.07) is 10.6. The van der Waals surface area contributed by atoms with Gasteiger partial charge in [0.1, 0.15) is 17.7 Å². The first-order valence-corrected chi connectivity index (χ1v) is 8.98. The molecule has 7 heteroatoms. The number of fused-ring (bicyclic) bond motifs is 3. The Balaban J connectivity index is 1.57. The molecule has 0 aliphatic carbocycles. The summed E-state index contributed by atoms with van der Waals surface area (Å²) >= 11 is 0. The highest BCUT2D eigenvalue weighted by molar-refractivity contribution is 6.24. The van der Waals surface area contributed by atoms with Crippen LogP contribution in [0, 0.1) is 17.6 Å². The van der Waals surface area contributed by atoms with Crippen molar-refractivity contribution in [1.82, 2.24) is 10.0 Å². The number of benzene rings is 2. The molecule has 2 aromatic carbocycles. The molecule has 0 saturated carbocycles. The topological polar surface area (TPSA) is 43.9 Å². The maximum Gasteiger partial charge on any atom is 0.253 e. The highest BCUT2D eigenvalue weighted by Crippen LogP contribution is 2.48. The van der Waals surface area contributed by atoms with Crippen LogP contribution in [0.5, 0.6) is 0 Å². The Kier molecular flexibility index (Phi) is 3.63. The van der Waals surface area contributed by atoms with Crippen molar-refractivity contribution in [3.63, 3.8) is 0 Å². The highest BCUT2D eigenvalue weighted by Gasteiger charge is 2.62. The van der Waals surface area contributed by atoms with Gasteiger partial charge < -0.3 is 0 Å². The van der Waals surface area contributed by atoms with E-state index in [1.807, 2.05) is 5.01 Å². The SMILES string of the molecule is O=C1[C@H]2[C@@H](c3ccc(F)cc3)N3CCCN3[C@H]2C(=O)N1c1ccc(F)cc1. The Morgan fingerprint density at radius 3 is 1.93 bits per heavy atom. The van der Waals surface area contributed by atoms with Crippen LogP contribution in [0.4, 0.5) is 14.5 Å². The van der Waals surface area contributed by atoms with Crippen molar-refractivity contribution in [1.29, 1.82) is 0 Å². The van der Waals surface area contributed by atoms with E-state index in [-0.39, 0.29) is 23.7 Å². The molecule has 0 spiro atoms. The van der Waals surface area contributed by atoms with Gasteiger partial charge in [-0.05, 0) is 48.4 Å². The third-order valence-electron chi connectivity index (χ3n) is 5.70. The molecule has 0 aromatic heterocycles. The second-order valence-electron chi connectivity index (χ2n) is 7.14. The van der Waals surface area contributed by atoms with Crippen LogP contribution in [0.3, 0.4) is 0 Å². The van der Waals surface area contributed by atoms with Gasteiger partial charge >= 0.3 is 0 Å². The van der Waals surface area contributed by atoms with E-state index < -0.39 is 17.8 Å². The minimum Gasteiger partial charge on any atom is -0.274 e. The van der Waals surface area contributed by atoms with E-state index in [9.17, 15) is 18.4 Å². The molecule has 2 amide bonds. The first-order valence-electron chi connectivity index (χ1n) is 8.98. The van der Waals surface area contributed by atoms with Crippen LogP contribution in [0.25, 0.3) is 0 Å². The standard InChI is InChI=1S/C20H17F2N3O2/c21-13-4-2-12(3-5-13)17-16-18(24-11-1-10-23(17)24)20(27)25(19(16)26)15-8-6-14(22)7-9-15/h2-9,16-18H,1,10-11H2/t16-,17+,18+/m0/s1. The van der Waals surface area contributed by atoms with E-state index in [0.717, 1.165) is 18.5 Å². The third-order valence-corrected chi connectivity index (χ3v) is 5.70. The summed E-state index contributed by atoms with van der Waals surface area (Å²) < 4.78 is 26.6. The molecule has 5 rings (SSSR count). The largest absolute Gasteiger partial charge is 0.274 e. The number of imide groups is 1. The zero-order valence-corrected chi connectivity index (χ0v) is 14.4. The monoisotopic (exact) mass is 369 g/mol. The molecule has 27 heavy (non-hydrogen) atoms. The van der Waals surface area contributed by atoms with Gasteiger partial charge in [-0.3, -0.25) is 9.59 Å². The normalized spacial score (nSPS) is 28.1. The third kappa shape index (κ3) is 2.35. The molecule has 138 valence electrons. The Bertz CT molecular complexity index is 916. The van der Waals surface area contributed by atoms with Gasteiger partial charge in [-0.1, -0.05) is 12.1 Å². The summed E-state index contributed by atoms with van der Waals surface area (Å²) in [5.41, 5.74) is 1.20. The molecule has 0 radical (unpaired) electrons. The zero-order valence-electron chi connectivity index (χ0n) is 14.4. The molecular weight excluding hydrogens is 352 g/mol. The summed E-state index contributed by atoms with van der Waals surface area (Å²) in [5, 5.41) is 4.04. The van der Waals surface area contributed by atoms with Gasteiger partial charge in [-0.2, -0.15) is 0 Å². The number of carbonyl (C=O) groups excluding carboxylic acids is 2. The van der Waals surface area contributed by atoms with Crippen molar-refractivity contribution < 1.29 is 18.4 Å². The van der Waals surface area contributed by atoms with Gasteiger partial charge in [0.15, 0.2) is 0 Å². The molecule has 3 aliphatic rings. The van der Waals surface area contributed by atoms with Crippen molar-refractivity contribution in [2.45, 2.75) is 18.5 Å². The number of nitrogens with zero attached hydrogens (tertiary/aromatic N) is 3. The molecular formula is C20H17F2N3O2. The average molecular weight is 369 g/mol. The lowest BCUT2D eigenvalue weighted by Gasteiger charge is -2.29. The molecule has 5 nitrogen and oxygen atoms in total. The predicted molar refractivity (Wildman–Crippen MR) is 93.3 cm³/mol. The minimum absolute atomic E-state index is 0.284. The molecule has 3 fully saturated rings. The number of amides is 2. The summed E-state index contributed by atoms with van der Waals surface area (Å²) in [4.78, 5) is 27.6. The van der Waals surface area contributed by atoms with Crippen molar-refractivity contribution in [2.24, 2.45) is 5.92 Å². The predicted octanol–water partition coefficient (Wildman–Crippen LogP) is 2.50. The molecule has 0 unspecified atom stereocenters. The summed E-state index contributed by atoms with van der Waals surface area (Å²) in [6.07, 6.45) is 0.902. The van der Waals surface area contributed by atoms with Gasteiger partial charge in [0.25, 0.3) is 5.91 Å². The van der Waals surface area contributed by atoms with E-state index in [4.69, 9.17) is 0 Å². The Labute approximate surface area is 154 Å². The average Bonchev–Trinajstić information content (AvgIpc) is 3.30. The lowest BCUT2D eigenvalue weighted by atomic mass is 9.90.